The lowest BCUT2D eigenvalue weighted by molar-refractivity contribution is 0.0543. The Morgan fingerprint density at radius 3 is 2.62 bits per heavy atom. The van der Waals surface area contributed by atoms with Gasteiger partial charge in [-0.05, 0) is 42.5 Å². The lowest BCUT2D eigenvalue weighted by Gasteiger charge is -2.47. The summed E-state index contributed by atoms with van der Waals surface area (Å²) in [5.74, 6) is -0.811. The molecule has 1 fully saturated rings. The van der Waals surface area contributed by atoms with Crippen molar-refractivity contribution in [1.82, 2.24) is 25.1 Å². The van der Waals surface area contributed by atoms with Crippen molar-refractivity contribution in [2.24, 2.45) is 10.4 Å². The van der Waals surface area contributed by atoms with E-state index in [0.717, 1.165) is 35.4 Å². The fourth-order valence-corrected chi connectivity index (χ4v) is 6.53. The number of rotatable bonds is 7. The highest BCUT2D eigenvalue weighted by Crippen LogP contribution is 2.68. The van der Waals surface area contributed by atoms with Crippen LogP contribution in [0, 0.1) is 17.0 Å². The van der Waals surface area contributed by atoms with Gasteiger partial charge in [-0.3, -0.25) is 4.99 Å². The van der Waals surface area contributed by atoms with Crippen LogP contribution in [-0.2, 0) is 5.54 Å². The molecule has 3 aliphatic rings. The molecule has 2 bridgehead atoms. The zero-order chi connectivity index (χ0) is 27.4. The minimum atomic E-state index is -0.897. The van der Waals surface area contributed by atoms with Crippen molar-refractivity contribution >= 4 is 11.7 Å². The van der Waals surface area contributed by atoms with E-state index in [4.69, 9.17) is 5.11 Å². The van der Waals surface area contributed by atoms with Gasteiger partial charge in [-0.2, -0.15) is 5.10 Å². The van der Waals surface area contributed by atoms with E-state index in [9.17, 15) is 13.9 Å². The SMILES string of the molecule is CC1(C)[C@H]2CC[C@@]1(N1C=CN=C(c3cnc(NCC(O)CO)nc3)C1)c1nnc(-c3c(F)cccc3F)cc12. The summed E-state index contributed by atoms with van der Waals surface area (Å²) in [6.45, 7) is 4.73. The van der Waals surface area contributed by atoms with E-state index in [0.29, 0.717) is 12.5 Å². The van der Waals surface area contributed by atoms with Gasteiger partial charge in [-0.25, -0.2) is 18.7 Å². The van der Waals surface area contributed by atoms with Crippen molar-refractivity contribution in [3.05, 3.63) is 77.5 Å². The zero-order valence-corrected chi connectivity index (χ0v) is 21.6. The summed E-state index contributed by atoms with van der Waals surface area (Å²) in [5.41, 5.74) is 2.74. The molecule has 1 unspecified atom stereocenters. The van der Waals surface area contributed by atoms with E-state index in [2.05, 4.69) is 49.2 Å². The summed E-state index contributed by atoms with van der Waals surface area (Å²) in [6, 6.07) is 5.62. The first-order valence-electron chi connectivity index (χ1n) is 12.9. The molecule has 2 aliphatic carbocycles. The number of anilines is 1. The van der Waals surface area contributed by atoms with Crippen molar-refractivity contribution in [2.45, 2.75) is 44.2 Å². The van der Waals surface area contributed by atoms with Crippen molar-refractivity contribution in [3.8, 4) is 11.3 Å². The van der Waals surface area contributed by atoms with E-state index >= 15 is 0 Å². The quantitative estimate of drug-likeness (QED) is 0.423. The molecule has 0 radical (unpaired) electrons. The first kappa shape index (κ1) is 25.4. The first-order valence-corrected chi connectivity index (χ1v) is 12.9. The Morgan fingerprint density at radius 2 is 1.90 bits per heavy atom. The van der Waals surface area contributed by atoms with Crippen LogP contribution < -0.4 is 5.32 Å². The number of aliphatic imine (C=N–C) groups is 1. The summed E-state index contributed by atoms with van der Waals surface area (Å²) in [6.07, 6.45) is 7.97. The fraction of sp³-hybridized carbons (Fsp3) is 0.393. The molecule has 1 saturated carbocycles. The maximum atomic E-state index is 14.5. The minimum Gasteiger partial charge on any atom is -0.394 e. The molecule has 0 amide bonds. The third-order valence-electron chi connectivity index (χ3n) is 8.52. The van der Waals surface area contributed by atoms with Gasteiger partial charge in [0.1, 0.15) is 11.6 Å². The maximum Gasteiger partial charge on any atom is 0.222 e. The van der Waals surface area contributed by atoms with Gasteiger partial charge in [-0.15, -0.1) is 5.10 Å². The Morgan fingerprint density at radius 1 is 1.15 bits per heavy atom. The molecule has 0 spiro atoms. The van der Waals surface area contributed by atoms with Crippen LogP contribution in [0.1, 0.15) is 49.4 Å². The molecular weight excluding hydrogens is 504 g/mol. The Kier molecular flexibility index (Phi) is 6.15. The average molecular weight is 534 g/mol. The molecule has 39 heavy (non-hydrogen) atoms. The molecule has 3 aromatic rings. The van der Waals surface area contributed by atoms with Gasteiger partial charge < -0.3 is 20.4 Å². The van der Waals surface area contributed by atoms with Crippen LogP contribution in [0.5, 0.6) is 0 Å². The second kappa shape index (κ2) is 9.42. The number of nitrogens with one attached hydrogen (secondary N) is 1. The predicted molar refractivity (Wildman–Crippen MR) is 141 cm³/mol. The molecule has 3 heterocycles. The van der Waals surface area contributed by atoms with Gasteiger partial charge >= 0.3 is 0 Å². The summed E-state index contributed by atoms with van der Waals surface area (Å²) in [5, 5.41) is 30.3. The van der Waals surface area contributed by atoms with Crippen molar-refractivity contribution in [2.75, 3.05) is 25.0 Å². The zero-order valence-electron chi connectivity index (χ0n) is 21.6. The number of hydrogen-bond acceptors (Lipinski definition) is 9. The molecule has 9 nitrogen and oxygen atoms in total. The Balaban J connectivity index is 1.30. The van der Waals surface area contributed by atoms with E-state index in [1.54, 1.807) is 18.6 Å². The molecule has 2 aromatic heterocycles. The summed E-state index contributed by atoms with van der Waals surface area (Å²) < 4.78 is 29.1. The van der Waals surface area contributed by atoms with Crippen LogP contribution in [0.3, 0.4) is 0 Å². The Hall–Kier alpha value is -3.83. The minimum absolute atomic E-state index is 0.137. The standard InChI is InChI=1S/C28H29F2N7O2/c1-27(2)19-6-7-28(27,25-18(19)10-22(35-36-25)24-20(29)4-3-5-21(24)30)37-9-8-31-23(14-37)16-11-32-26(33-12-16)34-13-17(39)15-38/h3-5,8-12,17,19,38-39H,6-7,13-15H2,1-2H3,(H,32,33,34)/t17?,19-,28+/m0/s1. The topological polar surface area (TPSA) is 120 Å². The largest absolute Gasteiger partial charge is 0.394 e. The maximum absolute atomic E-state index is 14.5. The van der Waals surface area contributed by atoms with Crippen molar-refractivity contribution in [3.63, 3.8) is 0 Å². The van der Waals surface area contributed by atoms with Crippen LogP contribution >= 0.6 is 0 Å². The van der Waals surface area contributed by atoms with Gasteiger partial charge in [0.2, 0.25) is 5.95 Å². The van der Waals surface area contributed by atoms with Crippen LogP contribution in [0.25, 0.3) is 11.3 Å². The molecular formula is C28H29F2N7O2. The first-order chi connectivity index (χ1) is 18.8. The van der Waals surface area contributed by atoms with E-state index in [1.165, 1.54) is 18.2 Å². The van der Waals surface area contributed by atoms with Crippen LogP contribution in [-0.4, -0.2) is 66.8 Å². The van der Waals surface area contributed by atoms with Gasteiger partial charge in [0.05, 0.1) is 47.5 Å². The smallest absolute Gasteiger partial charge is 0.222 e. The monoisotopic (exact) mass is 533 g/mol. The molecule has 11 heteroatoms. The van der Waals surface area contributed by atoms with Crippen LogP contribution in [0.15, 0.2) is 54.1 Å². The normalized spacial score (nSPS) is 23.5. The van der Waals surface area contributed by atoms with Crippen LogP contribution in [0.2, 0.25) is 0 Å². The number of hydrogen-bond donors (Lipinski definition) is 3. The highest BCUT2D eigenvalue weighted by atomic mass is 19.1. The molecule has 6 rings (SSSR count). The molecule has 1 aliphatic heterocycles. The molecule has 202 valence electrons. The van der Waals surface area contributed by atoms with Crippen molar-refractivity contribution < 1.29 is 19.0 Å². The van der Waals surface area contributed by atoms with E-state index in [-0.39, 0.29) is 35.7 Å². The summed E-state index contributed by atoms with van der Waals surface area (Å²) >= 11 is 0. The number of aliphatic hydroxyl groups is 2. The molecule has 3 atom stereocenters. The average Bonchev–Trinajstić information content (AvgIpc) is 3.33. The Bertz CT molecular complexity index is 1460. The van der Waals surface area contributed by atoms with E-state index < -0.39 is 23.3 Å². The van der Waals surface area contributed by atoms with Crippen molar-refractivity contribution in [1.29, 1.82) is 0 Å². The number of halogens is 2. The number of aliphatic hydroxyl groups excluding tert-OH is 2. The number of aromatic nitrogens is 4. The molecule has 3 N–H and O–H groups in total. The number of fused-ring (bicyclic) bond motifs is 5. The third kappa shape index (κ3) is 3.90. The van der Waals surface area contributed by atoms with Gasteiger partial charge in [0.15, 0.2) is 0 Å². The summed E-state index contributed by atoms with van der Waals surface area (Å²) in [4.78, 5) is 15.5. The van der Waals surface area contributed by atoms with Gasteiger partial charge in [0, 0.05) is 42.3 Å². The third-order valence-corrected chi connectivity index (χ3v) is 8.52. The van der Waals surface area contributed by atoms with Gasteiger partial charge in [-0.1, -0.05) is 19.9 Å². The fourth-order valence-electron chi connectivity index (χ4n) is 6.53. The second-order valence-electron chi connectivity index (χ2n) is 10.8. The second-order valence-corrected chi connectivity index (χ2v) is 10.8. The highest BCUT2D eigenvalue weighted by Gasteiger charge is 2.66. The van der Waals surface area contributed by atoms with E-state index in [1.807, 2.05) is 12.3 Å². The summed E-state index contributed by atoms with van der Waals surface area (Å²) in [7, 11) is 0. The lowest BCUT2D eigenvalue weighted by Crippen LogP contribution is -2.51. The lowest BCUT2D eigenvalue weighted by atomic mass is 9.73. The number of benzene rings is 1. The van der Waals surface area contributed by atoms with Gasteiger partial charge in [0.25, 0.3) is 0 Å². The molecule has 1 aromatic carbocycles. The molecule has 0 saturated heterocycles. The van der Waals surface area contributed by atoms with Crippen LogP contribution in [0.4, 0.5) is 14.7 Å². The highest BCUT2D eigenvalue weighted by molar-refractivity contribution is 6.02. The predicted octanol–water partition coefficient (Wildman–Crippen LogP) is 3.37. The Labute approximate surface area is 224 Å². The number of nitrogens with zero attached hydrogens (tertiary/aromatic N) is 6.